The average molecular weight is 229 g/mol. The minimum atomic E-state index is -0.299. The molecule has 2 heterocycles. The zero-order valence-electron chi connectivity index (χ0n) is 8.72. The van der Waals surface area contributed by atoms with Crippen molar-refractivity contribution in [1.29, 1.82) is 0 Å². The topological polar surface area (TPSA) is 64.9 Å². The fourth-order valence-electron chi connectivity index (χ4n) is 1.55. The lowest BCUT2D eigenvalue weighted by atomic mass is 10.2. The molecule has 0 saturated carbocycles. The summed E-state index contributed by atoms with van der Waals surface area (Å²) in [5.41, 5.74) is 7.80. The van der Waals surface area contributed by atoms with Crippen LogP contribution >= 0.6 is 0 Å². The monoisotopic (exact) mass is 229 g/mol. The van der Waals surface area contributed by atoms with E-state index in [4.69, 9.17) is 10.2 Å². The van der Waals surface area contributed by atoms with Crippen molar-refractivity contribution in [3.8, 4) is 11.5 Å². The van der Waals surface area contributed by atoms with Crippen molar-refractivity contribution in [3.63, 3.8) is 0 Å². The SMILES string of the molecule is Nc1cnc2nc(-c3ccc(F)cc3)oc2c1. The second-order valence-corrected chi connectivity index (χ2v) is 3.62. The normalized spacial score (nSPS) is 10.9. The third-order valence-electron chi connectivity index (χ3n) is 2.36. The molecule has 2 N–H and O–H groups in total. The van der Waals surface area contributed by atoms with E-state index in [0.29, 0.717) is 28.4 Å². The van der Waals surface area contributed by atoms with E-state index in [2.05, 4.69) is 9.97 Å². The molecule has 0 unspecified atom stereocenters. The molecule has 3 rings (SSSR count). The first kappa shape index (κ1) is 9.77. The van der Waals surface area contributed by atoms with Crippen LogP contribution < -0.4 is 5.73 Å². The molecular formula is C12H8FN3O. The maximum absolute atomic E-state index is 12.8. The first-order chi connectivity index (χ1) is 8.22. The Morgan fingerprint density at radius 3 is 2.71 bits per heavy atom. The smallest absolute Gasteiger partial charge is 0.228 e. The van der Waals surface area contributed by atoms with Gasteiger partial charge in [0.2, 0.25) is 5.89 Å². The van der Waals surface area contributed by atoms with Gasteiger partial charge in [-0.2, -0.15) is 4.98 Å². The summed E-state index contributed by atoms with van der Waals surface area (Å²) in [6.45, 7) is 0. The number of nitrogen functional groups attached to an aromatic ring is 1. The van der Waals surface area contributed by atoms with Crippen molar-refractivity contribution in [2.24, 2.45) is 0 Å². The van der Waals surface area contributed by atoms with E-state index in [0.717, 1.165) is 0 Å². The Bertz CT molecular complexity index is 676. The fourth-order valence-corrected chi connectivity index (χ4v) is 1.55. The molecule has 5 heteroatoms. The van der Waals surface area contributed by atoms with Crippen LogP contribution in [-0.4, -0.2) is 9.97 Å². The van der Waals surface area contributed by atoms with Crippen LogP contribution in [-0.2, 0) is 0 Å². The molecule has 0 amide bonds. The quantitative estimate of drug-likeness (QED) is 0.696. The van der Waals surface area contributed by atoms with E-state index in [-0.39, 0.29) is 5.82 Å². The van der Waals surface area contributed by atoms with Crippen LogP contribution in [0.5, 0.6) is 0 Å². The number of oxazole rings is 1. The first-order valence-corrected chi connectivity index (χ1v) is 5.00. The zero-order valence-corrected chi connectivity index (χ0v) is 8.72. The number of hydrogen-bond acceptors (Lipinski definition) is 4. The number of halogens is 1. The lowest BCUT2D eigenvalue weighted by Crippen LogP contribution is -1.85. The Morgan fingerprint density at radius 2 is 1.94 bits per heavy atom. The summed E-state index contributed by atoms with van der Waals surface area (Å²) >= 11 is 0. The third-order valence-corrected chi connectivity index (χ3v) is 2.36. The van der Waals surface area contributed by atoms with Crippen LogP contribution in [0.3, 0.4) is 0 Å². The van der Waals surface area contributed by atoms with Gasteiger partial charge in [0.1, 0.15) is 5.82 Å². The maximum atomic E-state index is 12.8. The Hall–Kier alpha value is -2.43. The Balaban J connectivity index is 2.14. The minimum absolute atomic E-state index is 0.299. The van der Waals surface area contributed by atoms with Crippen LogP contribution in [0.1, 0.15) is 0 Å². The summed E-state index contributed by atoms with van der Waals surface area (Å²) in [6.07, 6.45) is 1.51. The minimum Gasteiger partial charge on any atom is -0.434 e. The molecule has 0 fully saturated rings. The van der Waals surface area contributed by atoms with Crippen molar-refractivity contribution >= 4 is 16.9 Å². The summed E-state index contributed by atoms with van der Waals surface area (Å²) in [5, 5.41) is 0. The van der Waals surface area contributed by atoms with Gasteiger partial charge in [-0.05, 0) is 24.3 Å². The van der Waals surface area contributed by atoms with Crippen molar-refractivity contribution < 1.29 is 8.81 Å². The summed E-state index contributed by atoms with van der Waals surface area (Å²) in [5.74, 6) is 0.102. The molecule has 4 nitrogen and oxygen atoms in total. The Morgan fingerprint density at radius 1 is 1.18 bits per heavy atom. The van der Waals surface area contributed by atoms with Crippen LogP contribution in [0.4, 0.5) is 10.1 Å². The number of nitrogens with two attached hydrogens (primary N) is 1. The van der Waals surface area contributed by atoms with Gasteiger partial charge in [0.05, 0.1) is 11.9 Å². The summed E-state index contributed by atoms with van der Waals surface area (Å²) in [4.78, 5) is 8.24. The molecule has 84 valence electrons. The van der Waals surface area contributed by atoms with Crippen molar-refractivity contribution in [1.82, 2.24) is 9.97 Å². The van der Waals surface area contributed by atoms with Crippen LogP contribution in [0, 0.1) is 5.82 Å². The van der Waals surface area contributed by atoms with Crippen molar-refractivity contribution in [2.75, 3.05) is 5.73 Å². The number of aromatic nitrogens is 2. The highest BCUT2D eigenvalue weighted by molar-refractivity contribution is 5.75. The van der Waals surface area contributed by atoms with Gasteiger partial charge in [-0.15, -0.1) is 0 Å². The van der Waals surface area contributed by atoms with Gasteiger partial charge in [-0.1, -0.05) is 0 Å². The van der Waals surface area contributed by atoms with Crippen LogP contribution in [0.15, 0.2) is 40.9 Å². The van der Waals surface area contributed by atoms with E-state index >= 15 is 0 Å². The molecule has 0 aliphatic carbocycles. The summed E-state index contributed by atoms with van der Waals surface area (Å²) in [6, 6.07) is 7.56. The standard InChI is InChI=1S/C12H8FN3O/c13-8-3-1-7(2-4-8)12-16-11-10(17-12)5-9(14)6-15-11/h1-6H,14H2. The second-order valence-electron chi connectivity index (χ2n) is 3.62. The van der Waals surface area contributed by atoms with E-state index in [1.54, 1.807) is 18.2 Å². The van der Waals surface area contributed by atoms with E-state index in [1.807, 2.05) is 0 Å². The van der Waals surface area contributed by atoms with Crippen molar-refractivity contribution in [2.45, 2.75) is 0 Å². The molecule has 17 heavy (non-hydrogen) atoms. The Kier molecular flexibility index (Phi) is 2.04. The second kappa shape index (κ2) is 3.55. The zero-order chi connectivity index (χ0) is 11.8. The van der Waals surface area contributed by atoms with Gasteiger partial charge in [-0.3, -0.25) is 0 Å². The largest absolute Gasteiger partial charge is 0.434 e. The molecule has 0 bridgehead atoms. The fraction of sp³-hybridized carbons (Fsp3) is 0. The predicted molar refractivity (Wildman–Crippen MR) is 61.6 cm³/mol. The molecule has 1 aromatic carbocycles. The molecule has 0 spiro atoms. The van der Waals surface area contributed by atoms with E-state index < -0.39 is 0 Å². The van der Waals surface area contributed by atoms with Gasteiger partial charge >= 0.3 is 0 Å². The molecule has 0 radical (unpaired) electrons. The lowest BCUT2D eigenvalue weighted by molar-refractivity contribution is 0.616. The highest BCUT2D eigenvalue weighted by atomic mass is 19.1. The Labute approximate surface area is 95.9 Å². The highest BCUT2D eigenvalue weighted by Gasteiger charge is 2.09. The van der Waals surface area contributed by atoms with E-state index in [9.17, 15) is 4.39 Å². The number of hydrogen-bond donors (Lipinski definition) is 1. The number of pyridine rings is 1. The summed E-state index contributed by atoms with van der Waals surface area (Å²) < 4.78 is 18.3. The van der Waals surface area contributed by atoms with Crippen molar-refractivity contribution in [3.05, 3.63) is 42.3 Å². The van der Waals surface area contributed by atoms with Crippen LogP contribution in [0.25, 0.3) is 22.7 Å². The molecule has 2 aromatic heterocycles. The number of fused-ring (bicyclic) bond motifs is 1. The van der Waals surface area contributed by atoms with Gasteiger partial charge in [0.25, 0.3) is 0 Å². The molecule has 0 saturated heterocycles. The third kappa shape index (κ3) is 1.71. The van der Waals surface area contributed by atoms with Gasteiger partial charge in [0, 0.05) is 11.6 Å². The van der Waals surface area contributed by atoms with Gasteiger partial charge in [0.15, 0.2) is 11.2 Å². The summed E-state index contributed by atoms with van der Waals surface area (Å²) in [7, 11) is 0. The number of nitrogens with zero attached hydrogens (tertiary/aromatic N) is 2. The van der Waals surface area contributed by atoms with Gasteiger partial charge < -0.3 is 10.2 Å². The highest BCUT2D eigenvalue weighted by Crippen LogP contribution is 2.24. The van der Waals surface area contributed by atoms with Gasteiger partial charge in [-0.25, -0.2) is 9.37 Å². The molecular weight excluding hydrogens is 221 g/mol. The van der Waals surface area contributed by atoms with E-state index in [1.165, 1.54) is 18.3 Å². The molecule has 0 atom stereocenters. The maximum Gasteiger partial charge on any atom is 0.228 e. The number of anilines is 1. The molecule has 0 aliphatic rings. The molecule has 3 aromatic rings. The average Bonchev–Trinajstić information content (AvgIpc) is 2.72. The lowest BCUT2D eigenvalue weighted by Gasteiger charge is -1.93. The van der Waals surface area contributed by atoms with Crippen LogP contribution in [0.2, 0.25) is 0 Å². The predicted octanol–water partition coefficient (Wildman–Crippen LogP) is 2.61. The number of rotatable bonds is 1. The molecule has 0 aliphatic heterocycles. The first-order valence-electron chi connectivity index (χ1n) is 5.00. The number of benzene rings is 1.